The molecule has 1 unspecified atom stereocenters. The normalized spacial score (nSPS) is 29.4. The van der Waals surface area contributed by atoms with Gasteiger partial charge in [-0.2, -0.15) is 0 Å². The number of fused-ring (bicyclic) bond motifs is 6. The zero-order chi connectivity index (χ0) is 42.4. The number of rotatable bonds is 5. The lowest BCUT2D eigenvalue weighted by Gasteiger charge is -2.38. The van der Waals surface area contributed by atoms with Crippen molar-refractivity contribution in [3.63, 3.8) is 0 Å². The van der Waals surface area contributed by atoms with E-state index in [-0.39, 0.29) is 37.3 Å². The molecular weight excluding hydrogens is 775 g/mol. The van der Waals surface area contributed by atoms with E-state index in [1.54, 1.807) is 18.0 Å². The Balaban J connectivity index is 1.12. The molecule has 15 nitrogen and oxygen atoms in total. The Morgan fingerprint density at radius 3 is 1.97 bits per heavy atom. The van der Waals surface area contributed by atoms with E-state index in [0.717, 1.165) is 58.6 Å². The van der Waals surface area contributed by atoms with Crippen LogP contribution in [0.15, 0.2) is 60.9 Å². The van der Waals surface area contributed by atoms with Gasteiger partial charge in [-0.25, -0.2) is 0 Å². The molecule has 3 saturated heterocycles. The number of carbonyl (C=O) groups excluding carboxylic acids is 6. The van der Waals surface area contributed by atoms with E-state index in [2.05, 4.69) is 31.2 Å². The van der Waals surface area contributed by atoms with E-state index in [1.807, 2.05) is 54.7 Å². The van der Waals surface area contributed by atoms with Gasteiger partial charge in [0.1, 0.15) is 35.7 Å². The maximum Gasteiger partial charge on any atom is 0.247 e. The van der Waals surface area contributed by atoms with Crippen molar-refractivity contribution in [3.05, 3.63) is 72.1 Å². The second kappa shape index (κ2) is 16.6. The summed E-state index contributed by atoms with van der Waals surface area (Å²) < 4.78 is 0. The van der Waals surface area contributed by atoms with Gasteiger partial charge in [0, 0.05) is 65.7 Å². The first kappa shape index (κ1) is 40.7. The topological polar surface area (TPSA) is 215 Å². The van der Waals surface area contributed by atoms with Crippen molar-refractivity contribution >= 4 is 57.2 Å². The Morgan fingerprint density at radius 1 is 0.689 bits per heavy atom. The monoisotopic (exact) mass is 831 g/mol. The molecule has 322 valence electrons. The summed E-state index contributed by atoms with van der Waals surface area (Å²) >= 11 is 0. The van der Waals surface area contributed by atoms with Crippen LogP contribution in [0.25, 0.3) is 21.8 Å². The van der Waals surface area contributed by atoms with Crippen LogP contribution in [-0.4, -0.2) is 110 Å². The first-order valence-corrected chi connectivity index (χ1v) is 22.2. The van der Waals surface area contributed by atoms with Crippen molar-refractivity contribution < 1.29 is 28.8 Å². The molecule has 8 atom stereocenters. The second-order valence-electron chi connectivity index (χ2n) is 18.1. The van der Waals surface area contributed by atoms with E-state index in [1.165, 1.54) is 4.90 Å². The van der Waals surface area contributed by atoms with E-state index in [9.17, 15) is 28.8 Å². The minimum absolute atomic E-state index is 0.0778. The molecule has 5 heterocycles. The van der Waals surface area contributed by atoms with Gasteiger partial charge in [-0.15, -0.1) is 0 Å². The summed E-state index contributed by atoms with van der Waals surface area (Å²) in [5.74, 6) is -2.73. The summed E-state index contributed by atoms with van der Waals surface area (Å²) in [5, 5.41) is 13.9. The molecule has 61 heavy (non-hydrogen) atoms. The molecule has 9 rings (SSSR count). The van der Waals surface area contributed by atoms with Crippen molar-refractivity contribution in [3.8, 4) is 0 Å². The molecule has 1 spiro atoms. The first-order chi connectivity index (χ1) is 29.5. The van der Waals surface area contributed by atoms with Crippen molar-refractivity contribution in [2.24, 2.45) is 11.7 Å². The number of aromatic amines is 2. The van der Waals surface area contributed by atoms with E-state index < -0.39 is 71.3 Å². The van der Waals surface area contributed by atoms with Crippen LogP contribution in [0, 0.1) is 5.92 Å². The lowest BCUT2D eigenvalue weighted by molar-refractivity contribution is -0.150. The van der Waals surface area contributed by atoms with Crippen molar-refractivity contribution in [1.29, 1.82) is 0 Å². The fourth-order valence-corrected chi connectivity index (χ4v) is 11.1. The maximum atomic E-state index is 15.0. The molecule has 2 aliphatic carbocycles. The van der Waals surface area contributed by atoms with Gasteiger partial charge in [-0.1, -0.05) is 62.1 Å². The van der Waals surface area contributed by atoms with Crippen molar-refractivity contribution in [2.75, 3.05) is 6.54 Å². The molecule has 6 amide bonds. The molecule has 2 aromatic heterocycles. The van der Waals surface area contributed by atoms with Gasteiger partial charge >= 0.3 is 0 Å². The molecule has 5 fully saturated rings. The summed E-state index contributed by atoms with van der Waals surface area (Å²) in [6.45, 7) is 1.93. The molecule has 15 heteroatoms. The summed E-state index contributed by atoms with van der Waals surface area (Å²) in [7, 11) is 0. The third-order valence-electron chi connectivity index (χ3n) is 14.3. The van der Waals surface area contributed by atoms with Crippen LogP contribution in [0.1, 0.15) is 88.7 Å². The molecule has 0 bridgehead atoms. The summed E-state index contributed by atoms with van der Waals surface area (Å²) in [5.41, 5.74) is 8.44. The largest absolute Gasteiger partial charge is 0.361 e. The van der Waals surface area contributed by atoms with Gasteiger partial charge < -0.3 is 46.8 Å². The average molecular weight is 832 g/mol. The number of nitrogens with two attached hydrogens (primary N) is 1. The van der Waals surface area contributed by atoms with Crippen LogP contribution in [-0.2, 0) is 41.6 Å². The van der Waals surface area contributed by atoms with Crippen LogP contribution >= 0.6 is 0 Å². The minimum atomic E-state index is -1.38. The standard InChI is InChI=1S/C46H57N9O6/c1-26(47)39-44(60)54-20-10-17-37(54)43(59)55-36-16-7-2-11-27(36)23-38(55)42(58)50-35(22-29-25-49-33-15-6-4-13-31(29)33)41(57)53-46(18-8-9-19-46)45(61)51-34(40(56)52-39)21-28-24-48-32-14-5-3-12-30(28)32/h3-6,12-15,24-27,34-39,48-49H,2,7-11,16-23,47H2,1H3,(H,50,58)(H,51,61)(H,52,56)(H,53,57)/t26?,27-,34-,35-,36-,37+,38-,39-/m0/s1. The van der Waals surface area contributed by atoms with Gasteiger partial charge in [0.05, 0.1) is 0 Å². The zero-order valence-electron chi connectivity index (χ0n) is 34.7. The molecule has 8 N–H and O–H groups in total. The van der Waals surface area contributed by atoms with Gasteiger partial charge in [-0.05, 0) is 81.0 Å². The average Bonchev–Trinajstić information content (AvgIpc) is 4.12. The summed E-state index contributed by atoms with van der Waals surface area (Å²) in [6.07, 6.45) is 10.8. The van der Waals surface area contributed by atoms with Crippen LogP contribution in [0.5, 0.6) is 0 Å². The highest BCUT2D eigenvalue weighted by Crippen LogP contribution is 2.41. The van der Waals surface area contributed by atoms with Gasteiger partial charge in [0.25, 0.3) is 0 Å². The highest BCUT2D eigenvalue weighted by atomic mass is 16.2. The Hall–Kier alpha value is -5.70. The zero-order valence-corrected chi connectivity index (χ0v) is 34.7. The van der Waals surface area contributed by atoms with Crippen LogP contribution in [0.3, 0.4) is 0 Å². The first-order valence-electron chi connectivity index (χ1n) is 22.2. The molecule has 5 aliphatic rings. The molecular formula is C46H57N9O6. The van der Waals surface area contributed by atoms with E-state index in [0.29, 0.717) is 44.9 Å². The number of benzene rings is 2. The van der Waals surface area contributed by atoms with Crippen molar-refractivity contribution in [1.82, 2.24) is 41.0 Å². The molecule has 3 aliphatic heterocycles. The number of aromatic nitrogens is 2. The SMILES string of the molecule is CC(N)[C@@H]1NC(=O)[C@H](Cc2c[nH]c3ccccc23)NC(=O)C2(CCCC2)NC(=O)[C@H](Cc2c[nH]c3ccccc23)NC(=O)[C@@H]2C[C@@H]3CCCC[C@@H]3N2C(=O)[C@H]2CCCN2C1=O. The second-order valence-corrected chi connectivity index (χ2v) is 18.1. The fourth-order valence-electron chi connectivity index (χ4n) is 11.1. The Bertz CT molecular complexity index is 2350. The number of amides is 6. The minimum Gasteiger partial charge on any atom is -0.361 e. The fraction of sp³-hybridized carbons (Fsp3) is 0.522. The summed E-state index contributed by atoms with van der Waals surface area (Å²) in [4.78, 5) is 98.4. The number of para-hydroxylation sites is 2. The number of carbonyl (C=O) groups is 6. The Labute approximate surface area is 354 Å². The highest BCUT2D eigenvalue weighted by Gasteiger charge is 2.52. The molecule has 0 radical (unpaired) electrons. The third-order valence-corrected chi connectivity index (χ3v) is 14.3. The summed E-state index contributed by atoms with van der Waals surface area (Å²) in [6, 6.07) is 9.20. The Morgan fingerprint density at radius 2 is 1.31 bits per heavy atom. The number of hydrogen-bond donors (Lipinski definition) is 7. The van der Waals surface area contributed by atoms with Crippen LogP contribution in [0.2, 0.25) is 0 Å². The molecule has 2 aromatic carbocycles. The highest BCUT2D eigenvalue weighted by molar-refractivity contribution is 6.01. The predicted molar refractivity (Wildman–Crippen MR) is 229 cm³/mol. The predicted octanol–water partition coefficient (Wildman–Crippen LogP) is 2.83. The van der Waals surface area contributed by atoms with Gasteiger partial charge in [-0.3, -0.25) is 28.8 Å². The number of nitrogens with zero attached hydrogens (tertiary/aromatic N) is 2. The molecule has 2 saturated carbocycles. The third kappa shape index (κ3) is 7.65. The van der Waals surface area contributed by atoms with Gasteiger partial charge in [0.2, 0.25) is 35.4 Å². The van der Waals surface area contributed by atoms with Crippen LogP contribution in [0.4, 0.5) is 0 Å². The van der Waals surface area contributed by atoms with Gasteiger partial charge in [0.15, 0.2) is 0 Å². The lowest BCUT2D eigenvalue weighted by Crippen LogP contribution is -2.66. The Kier molecular flexibility index (Phi) is 11.1. The van der Waals surface area contributed by atoms with E-state index >= 15 is 0 Å². The molecule has 4 aromatic rings. The van der Waals surface area contributed by atoms with E-state index in [4.69, 9.17) is 5.73 Å². The van der Waals surface area contributed by atoms with Crippen molar-refractivity contribution in [2.45, 2.75) is 138 Å². The smallest absolute Gasteiger partial charge is 0.247 e. The number of H-pyrrole nitrogens is 2. The van der Waals surface area contributed by atoms with Crippen LogP contribution < -0.4 is 27.0 Å². The quantitative estimate of drug-likeness (QED) is 0.160. The lowest BCUT2D eigenvalue weighted by atomic mass is 9.84. The number of nitrogens with one attached hydrogen (secondary N) is 6. The maximum absolute atomic E-state index is 15.0. The number of hydrogen-bond acceptors (Lipinski definition) is 7.